The Hall–Kier alpha value is 1.28. The molecule has 0 unspecified atom stereocenters. The lowest BCUT2D eigenvalue weighted by molar-refractivity contribution is 1.12. The molecule has 0 spiro atoms. The highest BCUT2D eigenvalue weighted by Crippen LogP contribution is 2.21. The van der Waals surface area contributed by atoms with Crippen LogP contribution in [0.15, 0.2) is 0 Å². The van der Waals surface area contributed by atoms with E-state index in [-0.39, 0.29) is 0 Å². The zero-order valence-corrected chi connectivity index (χ0v) is 8.25. The first-order valence-corrected chi connectivity index (χ1v) is 6.34. The number of rotatable bonds is 6. The molecule has 0 radical (unpaired) electrons. The number of alkyl halides is 2. The second kappa shape index (κ2) is 9.28. The van der Waals surface area contributed by atoms with Gasteiger partial charge in [0.1, 0.15) is 0 Å². The number of hydrogen-bond donors (Lipinski definition) is 0. The maximum atomic E-state index is 5.47. The highest BCUT2D eigenvalue weighted by molar-refractivity contribution is 8.76. The van der Waals surface area contributed by atoms with Gasteiger partial charge in [-0.2, -0.15) is 0 Å². The van der Waals surface area contributed by atoms with Gasteiger partial charge >= 0.3 is 0 Å². The van der Waals surface area contributed by atoms with E-state index in [0.29, 0.717) is 0 Å². The van der Waals surface area contributed by atoms with E-state index in [4.69, 9.17) is 23.2 Å². The van der Waals surface area contributed by atoms with E-state index in [1.807, 2.05) is 21.6 Å². The van der Waals surface area contributed by atoms with Crippen molar-refractivity contribution in [1.82, 2.24) is 0 Å². The molecule has 56 valence electrons. The number of hydrogen-bond acceptors (Lipinski definition) is 2. The summed E-state index contributed by atoms with van der Waals surface area (Å²) < 4.78 is 0. The van der Waals surface area contributed by atoms with Gasteiger partial charge < -0.3 is 0 Å². The van der Waals surface area contributed by atoms with Gasteiger partial charge in [0.15, 0.2) is 0 Å². The third-order valence-corrected chi connectivity index (χ3v) is 3.78. The Balaban J connectivity index is 2.60. The van der Waals surface area contributed by atoms with E-state index >= 15 is 0 Å². The van der Waals surface area contributed by atoms with Gasteiger partial charge in [-0.15, -0.1) is 23.2 Å². The zero-order valence-electron chi connectivity index (χ0n) is 5.11. The molecular formula is C5H10Cl2S2. The minimum atomic E-state index is 0.749. The fraction of sp³-hybridized carbons (Fsp3) is 1.00. The van der Waals surface area contributed by atoms with Crippen LogP contribution in [-0.2, 0) is 0 Å². The molecule has 0 saturated heterocycles. The third-order valence-electron chi connectivity index (χ3n) is 0.605. The average Bonchev–Trinajstić information content (AvgIpc) is 1.89. The largest absolute Gasteiger partial charge is 0.127 e. The van der Waals surface area contributed by atoms with Crippen LogP contribution in [-0.4, -0.2) is 23.3 Å². The van der Waals surface area contributed by atoms with Crippen LogP contribution in [0.4, 0.5) is 0 Å². The lowest BCUT2D eigenvalue weighted by Crippen LogP contribution is -1.79. The third kappa shape index (κ3) is 9.28. The Bertz CT molecular complexity index is 46.2. The summed E-state index contributed by atoms with van der Waals surface area (Å²) in [5, 5.41) is 0. The molecule has 0 aromatic heterocycles. The first kappa shape index (κ1) is 10.3. The molecule has 0 aromatic carbocycles. The second-order valence-corrected chi connectivity index (χ2v) is 4.83. The van der Waals surface area contributed by atoms with Crippen LogP contribution in [0.1, 0.15) is 6.42 Å². The molecule has 9 heavy (non-hydrogen) atoms. The zero-order chi connectivity index (χ0) is 6.95. The van der Waals surface area contributed by atoms with Crippen LogP contribution < -0.4 is 0 Å². The molecular weight excluding hydrogens is 195 g/mol. The molecule has 0 aliphatic heterocycles. The van der Waals surface area contributed by atoms with Gasteiger partial charge in [-0.25, -0.2) is 0 Å². The summed E-state index contributed by atoms with van der Waals surface area (Å²) >= 11 is 10.9. The molecule has 0 rings (SSSR count). The van der Waals surface area contributed by atoms with Crippen molar-refractivity contribution in [2.24, 2.45) is 0 Å². The van der Waals surface area contributed by atoms with Crippen LogP contribution in [0.5, 0.6) is 0 Å². The highest BCUT2D eigenvalue weighted by atomic mass is 35.5. The highest BCUT2D eigenvalue weighted by Gasteiger charge is 1.87. The van der Waals surface area contributed by atoms with Crippen molar-refractivity contribution in [3.05, 3.63) is 0 Å². The van der Waals surface area contributed by atoms with Crippen LogP contribution in [0.3, 0.4) is 0 Å². The molecule has 0 saturated carbocycles. The normalized spacial score (nSPS) is 10.0. The molecule has 0 amide bonds. The summed E-state index contributed by atoms with van der Waals surface area (Å²) in [5.41, 5.74) is 0. The summed E-state index contributed by atoms with van der Waals surface area (Å²) in [5.74, 6) is 3.70. The second-order valence-electron chi connectivity index (χ2n) is 1.38. The molecule has 0 aromatic rings. The summed E-state index contributed by atoms with van der Waals surface area (Å²) in [4.78, 5) is 0. The van der Waals surface area contributed by atoms with Crippen LogP contribution in [0.2, 0.25) is 0 Å². The molecule has 0 N–H and O–H groups in total. The Morgan fingerprint density at radius 2 is 1.56 bits per heavy atom. The summed E-state index contributed by atoms with van der Waals surface area (Å²) in [6.45, 7) is 0. The molecule has 0 atom stereocenters. The lowest BCUT2D eigenvalue weighted by Gasteiger charge is -1.94. The van der Waals surface area contributed by atoms with Gasteiger partial charge in [0.2, 0.25) is 0 Å². The topological polar surface area (TPSA) is 0 Å². The summed E-state index contributed by atoms with van der Waals surface area (Å²) in [6, 6.07) is 0. The molecule has 0 fully saturated rings. The van der Waals surface area contributed by atoms with E-state index in [2.05, 4.69) is 0 Å². The van der Waals surface area contributed by atoms with Crippen molar-refractivity contribution in [3.8, 4) is 0 Å². The first-order chi connectivity index (χ1) is 4.41. The summed E-state index contributed by atoms with van der Waals surface area (Å²) in [6.07, 6.45) is 1.10. The molecule has 0 aliphatic rings. The standard InChI is InChI=1S/C5H10Cl2S2/c6-2-1-4-8-9-5-3-7/h1-5H2. The Kier molecular flexibility index (Phi) is 10.6. The Labute approximate surface area is 74.5 Å². The van der Waals surface area contributed by atoms with E-state index in [0.717, 1.165) is 29.7 Å². The van der Waals surface area contributed by atoms with Gasteiger partial charge in [-0.05, 0) is 6.42 Å². The maximum absolute atomic E-state index is 5.47. The predicted octanol–water partition coefficient (Wildman–Crippen LogP) is 3.24. The van der Waals surface area contributed by atoms with Crippen LogP contribution >= 0.6 is 44.8 Å². The lowest BCUT2D eigenvalue weighted by atomic mass is 10.6. The minimum Gasteiger partial charge on any atom is -0.127 e. The van der Waals surface area contributed by atoms with Crippen molar-refractivity contribution < 1.29 is 0 Å². The van der Waals surface area contributed by atoms with E-state index < -0.39 is 0 Å². The molecule has 0 aliphatic carbocycles. The average molecular weight is 205 g/mol. The summed E-state index contributed by atoms with van der Waals surface area (Å²) in [7, 11) is 3.67. The van der Waals surface area contributed by atoms with Gasteiger partial charge in [0.05, 0.1) is 0 Å². The van der Waals surface area contributed by atoms with E-state index in [1.165, 1.54) is 0 Å². The van der Waals surface area contributed by atoms with Crippen molar-refractivity contribution in [2.75, 3.05) is 23.3 Å². The SMILES string of the molecule is ClCCCSSCCCl. The van der Waals surface area contributed by atoms with Crippen molar-refractivity contribution in [1.29, 1.82) is 0 Å². The van der Waals surface area contributed by atoms with Gasteiger partial charge in [-0.3, -0.25) is 0 Å². The maximum Gasteiger partial charge on any atom is 0.0322 e. The Morgan fingerprint density at radius 1 is 0.889 bits per heavy atom. The Morgan fingerprint density at radius 3 is 2.11 bits per heavy atom. The monoisotopic (exact) mass is 204 g/mol. The fourth-order valence-corrected chi connectivity index (χ4v) is 2.93. The van der Waals surface area contributed by atoms with Gasteiger partial charge in [-0.1, -0.05) is 21.6 Å². The van der Waals surface area contributed by atoms with Crippen molar-refractivity contribution >= 4 is 44.8 Å². The smallest absolute Gasteiger partial charge is 0.0322 e. The van der Waals surface area contributed by atoms with E-state index in [1.54, 1.807) is 0 Å². The van der Waals surface area contributed by atoms with Crippen molar-refractivity contribution in [2.45, 2.75) is 6.42 Å². The van der Waals surface area contributed by atoms with Gasteiger partial charge in [0, 0.05) is 23.3 Å². The van der Waals surface area contributed by atoms with E-state index in [9.17, 15) is 0 Å². The molecule has 4 heteroatoms. The van der Waals surface area contributed by atoms with Crippen LogP contribution in [0.25, 0.3) is 0 Å². The minimum absolute atomic E-state index is 0.749. The van der Waals surface area contributed by atoms with Gasteiger partial charge in [0.25, 0.3) is 0 Å². The molecule has 0 bridgehead atoms. The first-order valence-electron chi connectivity index (χ1n) is 2.78. The predicted molar refractivity (Wildman–Crippen MR) is 51.0 cm³/mol. The van der Waals surface area contributed by atoms with Crippen molar-refractivity contribution in [3.63, 3.8) is 0 Å². The number of halogens is 2. The molecule has 0 nitrogen and oxygen atoms in total. The molecule has 0 heterocycles. The van der Waals surface area contributed by atoms with Crippen LogP contribution in [0, 0.1) is 0 Å². The fourth-order valence-electron chi connectivity index (χ4n) is 0.263. The quantitative estimate of drug-likeness (QED) is 0.371.